The van der Waals surface area contributed by atoms with Crippen molar-refractivity contribution in [1.82, 2.24) is 0 Å². The van der Waals surface area contributed by atoms with Crippen LogP contribution in [0.25, 0.3) is 0 Å². The highest BCUT2D eigenvalue weighted by atomic mass is 16.5. The summed E-state index contributed by atoms with van der Waals surface area (Å²) in [5.41, 5.74) is 1.59. The van der Waals surface area contributed by atoms with Crippen LogP contribution >= 0.6 is 0 Å². The van der Waals surface area contributed by atoms with E-state index in [2.05, 4.69) is 17.0 Å². The Morgan fingerprint density at radius 1 is 1.44 bits per heavy atom. The van der Waals surface area contributed by atoms with E-state index < -0.39 is 0 Å². The molecule has 1 aromatic rings. The lowest BCUT2D eigenvalue weighted by Gasteiger charge is -2.20. The number of carbonyl (C=O) groups is 1. The van der Waals surface area contributed by atoms with Crippen LogP contribution in [0.2, 0.25) is 0 Å². The van der Waals surface area contributed by atoms with Crippen molar-refractivity contribution in [1.29, 1.82) is 0 Å². The summed E-state index contributed by atoms with van der Waals surface area (Å²) in [6.07, 6.45) is 1.11. The van der Waals surface area contributed by atoms with Gasteiger partial charge in [-0.15, -0.1) is 0 Å². The molecule has 2 rings (SSSR count). The Morgan fingerprint density at radius 3 is 2.72 bits per heavy atom. The largest absolute Gasteiger partial charge is 0.465 e. The Bertz CT molecular complexity index is 396. The summed E-state index contributed by atoms with van der Waals surface area (Å²) in [5, 5.41) is 3.44. The molecule has 0 radical (unpaired) electrons. The summed E-state index contributed by atoms with van der Waals surface area (Å²) < 4.78 is 10.0. The molecule has 1 saturated heterocycles. The number of rotatable bonds is 4. The Kier molecular flexibility index (Phi) is 4.20. The first-order valence-electron chi connectivity index (χ1n) is 6.23. The van der Waals surface area contributed by atoms with Crippen molar-refractivity contribution < 1.29 is 14.3 Å². The quantitative estimate of drug-likeness (QED) is 0.832. The highest BCUT2D eigenvalue weighted by molar-refractivity contribution is 5.89. The SMILES string of the molecule is COC(=O)c1ccc(NC(C)C2CCOC2)cc1. The highest BCUT2D eigenvalue weighted by Crippen LogP contribution is 2.20. The molecule has 0 aliphatic carbocycles. The molecule has 0 aromatic heterocycles. The Balaban J connectivity index is 1.95. The second-order valence-corrected chi connectivity index (χ2v) is 4.63. The maximum atomic E-state index is 11.3. The monoisotopic (exact) mass is 249 g/mol. The van der Waals surface area contributed by atoms with E-state index in [1.54, 1.807) is 12.1 Å². The van der Waals surface area contributed by atoms with E-state index >= 15 is 0 Å². The fourth-order valence-electron chi connectivity index (χ4n) is 2.15. The van der Waals surface area contributed by atoms with Gasteiger partial charge in [-0.2, -0.15) is 0 Å². The predicted molar refractivity (Wildman–Crippen MR) is 69.8 cm³/mol. The Hall–Kier alpha value is -1.55. The number of hydrogen-bond acceptors (Lipinski definition) is 4. The van der Waals surface area contributed by atoms with Gasteiger partial charge in [-0.25, -0.2) is 4.79 Å². The van der Waals surface area contributed by atoms with Gasteiger partial charge in [-0.05, 0) is 37.6 Å². The summed E-state index contributed by atoms with van der Waals surface area (Å²) in [5.74, 6) is 0.254. The van der Waals surface area contributed by atoms with Gasteiger partial charge >= 0.3 is 5.97 Å². The zero-order chi connectivity index (χ0) is 13.0. The van der Waals surface area contributed by atoms with E-state index in [0.29, 0.717) is 17.5 Å². The number of benzene rings is 1. The molecule has 1 heterocycles. The molecule has 0 spiro atoms. The number of carbonyl (C=O) groups excluding carboxylic acids is 1. The Morgan fingerprint density at radius 2 is 2.17 bits per heavy atom. The van der Waals surface area contributed by atoms with Crippen LogP contribution in [0.4, 0.5) is 5.69 Å². The molecule has 98 valence electrons. The van der Waals surface area contributed by atoms with E-state index in [1.807, 2.05) is 12.1 Å². The zero-order valence-electron chi connectivity index (χ0n) is 10.8. The molecule has 0 bridgehead atoms. The second kappa shape index (κ2) is 5.87. The van der Waals surface area contributed by atoms with E-state index in [9.17, 15) is 4.79 Å². The maximum Gasteiger partial charge on any atom is 0.337 e. The molecule has 2 atom stereocenters. The van der Waals surface area contributed by atoms with E-state index in [-0.39, 0.29) is 5.97 Å². The molecule has 18 heavy (non-hydrogen) atoms. The summed E-state index contributed by atoms with van der Waals surface area (Å²) in [6, 6.07) is 7.71. The van der Waals surface area contributed by atoms with Crippen molar-refractivity contribution in [2.75, 3.05) is 25.6 Å². The van der Waals surface area contributed by atoms with Crippen LogP contribution in [0.3, 0.4) is 0 Å². The number of nitrogens with one attached hydrogen (secondary N) is 1. The fraction of sp³-hybridized carbons (Fsp3) is 0.500. The molecule has 1 aliphatic heterocycles. The zero-order valence-corrected chi connectivity index (χ0v) is 10.8. The van der Waals surface area contributed by atoms with Crippen molar-refractivity contribution in [2.45, 2.75) is 19.4 Å². The lowest BCUT2D eigenvalue weighted by Crippen LogP contribution is -2.26. The third kappa shape index (κ3) is 3.01. The van der Waals surface area contributed by atoms with Crippen LogP contribution in [-0.2, 0) is 9.47 Å². The van der Waals surface area contributed by atoms with Crippen molar-refractivity contribution in [3.8, 4) is 0 Å². The van der Waals surface area contributed by atoms with Crippen LogP contribution in [0.1, 0.15) is 23.7 Å². The number of anilines is 1. The Labute approximate surface area is 107 Å². The van der Waals surface area contributed by atoms with E-state index in [0.717, 1.165) is 25.3 Å². The minimum Gasteiger partial charge on any atom is -0.465 e. The van der Waals surface area contributed by atoms with Gasteiger partial charge in [0.15, 0.2) is 0 Å². The van der Waals surface area contributed by atoms with Gasteiger partial charge in [-0.1, -0.05) is 0 Å². The van der Waals surface area contributed by atoms with E-state index in [4.69, 9.17) is 4.74 Å². The van der Waals surface area contributed by atoms with Gasteiger partial charge in [0.05, 0.1) is 19.3 Å². The number of esters is 1. The molecular weight excluding hydrogens is 230 g/mol. The van der Waals surface area contributed by atoms with Crippen molar-refractivity contribution in [2.24, 2.45) is 5.92 Å². The van der Waals surface area contributed by atoms with Gasteiger partial charge in [0, 0.05) is 24.3 Å². The van der Waals surface area contributed by atoms with Crippen LogP contribution in [0.15, 0.2) is 24.3 Å². The molecule has 2 unspecified atom stereocenters. The average Bonchev–Trinajstić information content (AvgIpc) is 2.92. The number of methoxy groups -OCH3 is 1. The van der Waals surface area contributed by atoms with Crippen molar-refractivity contribution >= 4 is 11.7 Å². The van der Waals surface area contributed by atoms with Crippen LogP contribution < -0.4 is 5.32 Å². The summed E-state index contributed by atoms with van der Waals surface area (Å²) in [7, 11) is 1.39. The van der Waals surface area contributed by atoms with Crippen molar-refractivity contribution in [3.05, 3.63) is 29.8 Å². The van der Waals surface area contributed by atoms with Gasteiger partial charge in [0.25, 0.3) is 0 Å². The first kappa shape index (κ1) is 12.9. The molecule has 1 fully saturated rings. The molecule has 0 amide bonds. The third-order valence-electron chi connectivity index (χ3n) is 3.37. The molecule has 4 nitrogen and oxygen atoms in total. The summed E-state index contributed by atoms with van der Waals surface area (Å²) in [4.78, 5) is 11.3. The number of hydrogen-bond donors (Lipinski definition) is 1. The summed E-state index contributed by atoms with van der Waals surface area (Å²) >= 11 is 0. The number of ether oxygens (including phenoxy) is 2. The standard InChI is InChI=1S/C14H19NO3/c1-10(12-7-8-18-9-12)15-13-5-3-11(4-6-13)14(16)17-2/h3-6,10,12,15H,7-9H2,1-2H3. The van der Waals surface area contributed by atoms with Gasteiger partial charge in [-0.3, -0.25) is 0 Å². The molecule has 1 aromatic carbocycles. The minimum absolute atomic E-state index is 0.307. The topological polar surface area (TPSA) is 47.6 Å². The average molecular weight is 249 g/mol. The first-order chi connectivity index (χ1) is 8.70. The minimum atomic E-state index is -0.307. The highest BCUT2D eigenvalue weighted by Gasteiger charge is 2.22. The van der Waals surface area contributed by atoms with Crippen molar-refractivity contribution in [3.63, 3.8) is 0 Å². The fourth-order valence-corrected chi connectivity index (χ4v) is 2.15. The van der Waals surface area contributed by atoms with Gasteiger partial charge in [0.1, 0.15) is 0 Å². The molecule has 4 heteroatoms. The van der Waals surface area contributed by atoms with Crippen LogP contribution in [-0.4, -0.2) is 32.3 Å². The third-order valence-corrected chi connectivity index (χ3v) is 3.37. The van der Waals surface area contributed by atoms with Crippen LogP contribution in [0, 0.1) is 5.92 Å². The second-order valence-electron chi connectivity index (χ2n) is 4.63. The van der Waals surface area contributed by atoms with Crippen LogP contribution in [0.5, 0.6) is 0 Å². The smallest absolute Gasteiger partial charge is 0.337 e. The van der Waals surface area contributed by atoms with Gasteiger partial charge in [0.2, 0.25) is 0 Å². The molecular formula is C14H19NO3. The molecule has 0 saturated carbocycles. The van der Waals surface area contributed by atoms with Gasteiger partial charge < -0.3 is 14.8 Å². The normalized spacial score (nSPS) is 20.4. The lowest BCUT2D eigenvalue weighted by molar-refractivity contribution is 0.0601. The maximum absolute atomic E-state index is 11.3. The first-order valence-corrected chi connectivity index (χ1v) is 6.23. The summed E-state index contributed by atoms with van der Waals surface area (Å²) in [6.45, 7) is 3.85. The predicted octanol–water partition coefficient (Wildman–Crippen LogP) is 2.31. The van der Waals surface area contributed by atoms with E-state index in [1.165, 1.54) is 7.11 Å². The lowest BCUT2D eigenvalue weighted by atomic mass is 10.0. The molecule has 1 N–H and O–H groups in total. The molecule has 1 aliphatic rings.